The molecule has 0 saturated heterocycles. The summed E-state index contributed by atoms with van der Waals surface area (Å²) in [4.78, 5) is 39.7. The quantitative estimate of drug-likeness (QED) is 0.157. The topological polar surface area (TPSA) is 153 Å². The van der Waals surface area contributed by atoms with Gasteiger partial charge in [-0.25, -0.2) is 13.8 Å². The van der Waals surface area contributed by atoms with Gasteiger partial charge in [0, 0.05) is 12.0 Å². The number of carboxylic acid groups (broad SMARTS) is 2. The van der Waals surface area contributed by atoms with Gasteiger partial charge >= 0.3 is 18.1 Å². The lowest BCUT2D eigenvalue weighted by Gasteiger charge is -2.30. The average Bonchev–Trinajstić information content (AvgIpc) is 3.25. The minimum atomic E-state index is -4.61. The first kappa shape index (κ1) is 31.3. The van der Waals surface area contributed by atoms with Gasteiger partial charge in [-0.05, 0) is 46.6 Å². The summed E-state index contributed by atoms with van der Waals surface area (Å²) < 4.78 is 79.1. The van der Waals surface area contributed by atoms with E-state index in [1.54, 1.807) is 0 Å². The van der Waals surface area contributed by atoms with Crippen LogP contribution in [0.5, 0.6) is 5.75 Å². The molecule has 218 valence electrons. The molecule has 0 aliphatic rings. The number of amides is 1. The molecule has 4 N–H and O–H groups in total. The third kappa shape index (κ3) is 6.90. The van der Waals surface area contributed by atoms with E-state index >= 15 is 4.39 Å². The van der Waals surface area contributed by atoms with E-state index in [2.05, 4.69) is 27.5 Å². The van der Waals surface area contributed by atoms with Crippen LogP contribution in [0, 0.1) is 17.0 Å². The fourth-order valence-electron chi connectivity index (χ4n) is 4.03. The molecule has 3 rings (SSSR count). The number of rotatable bonds is 12. The van der Waals surface area contributed by atoms with Crippen molar-refractivity contribution in [2.45, 2.75) is 31.5 Å². The van der Waals surface area contributed by atoms with Gasteiger partial charge < -0.3 is 25.1 Å². The number of carbonyl (C=O) groups excluding carboxylic acids is 1. The maximum Gasteiger partial charge on any atom is 0.416 e. The van der Waals surface area contributed by atoms with E-state index in [1.807, 2.05) is 0 Å². The van der Waals surface area contributed by atoms with E-state index in [4.69, 9.17) is 14.9 Å². The van der Waals surface area contributed by atoms with Crippen LogP contribution in [0.25, 0.3) is 11.3 Å². The molecule has 0 fully saturated rings. The smallest absolute Gasteiger partial charge is 0.416 e. The van der Waals surface area contributed by atoms with Gasteiger partial charge in [-0.15, -0.1) is 6.58 Å². The number of oxazole rings is 1. The normalized spacial score (nSPS) is 13.7. The summed E-state index contributed by atoms with van der Waals surface area (Å²) in [6, 6.07) is 5.21. The molecule has 3 aromatic rings. The van der Waals surface area contributed by atoms with E-state index in [0.29, 0.717) is 6.07 Å². The van der Waals surface area contributed by atoms with E-state index in [1.165, 1.54) is 0 Å². The van der Waals surface area contributed by atoms with Gasteiger partial charge in [-0.1, -0.05) is 18.2 Å². The number of nitrogens with zero attached hydrogens (tertiary/aromatic N) is 1. The number of halogens is 6. The zero-order valence-electron chi connectivity index (χ0n) is 20.7. The Morgan fingerprint density at radius 2 is 1.76 bits per heavy atom. The summed E-state index contributed by atoms with van der Waals surface area (Å²) in [5, 5.41) is 19.4. The van der Waals surface area contributed by atoms with Crippen LogP contribution in [0.1, 0.15) is 47.2 Å². The Hall–Kier alpha value is -4.27. The Bertz CT molecular complexity index is 1490. The van der Waals surface area contributed by atoms with Crippen molar-refractivity contribution in [1.29, 1.82) is 0 Å². The highest BCUT2D eigenvalue weighted by molar-refractivity contribution is 9.10. The molecule has 0 radical (unpaired) electrons. The van der Waals surface area contributed by atoms with Crippen molar-refractivity contribution in [3.63, 3.8) is 0 Å². The molecule has 2 aromatic carbocycles. The molecular weight excluding hydrogens is 627 g/mol. The van der Waals surface area contributed by atoms with E-state index < -0.39 is 89.2 Å². The molecule has 1 aromatic heterocycles. The molecule has 1 amide bonds. The van der Waals surface area contributed by atoms with Crippen molar-refractivity contribution < 1.29 is 55.7 Å². The van der Waals surface area contributed by atoms with Gasteiger partial charge in [0.05, 0.1) is 17.4 Å². The summed E-state index contributed by atoms with van der Waals surface area (Å²) in [7, 11) is 0. The average molecular weight is 647 g/mol. The van der Waals surface area contributed by atoms with Gasteiger partial charge in [0.25, 0.3) is 5.91 Å². The summed E-state index contributed by atoms with van der Waals surface area (Å²) in [6.45, 7) is 3.46. The molecular formula is C26H20BrF5N2O7. The van der Waals surface area contributed by atoms with Gasteiger partial charge in [0.15, 0.2) is 22.3 Å². The van der Waals surface area contributed by atoms with Crippen molar-refractivity contribution >= 4 is 33.8 Å². The predicted octanol–water partition coefficient (Wildman–Crippen LogP) is 6.13. The number of benzene rings is 2. The van der Waals surface area contributed by atoms with Crippen LogP contribution in [0.15, 0.2) is 58.1 Å². The number of carbonyl (C=O) groups is 3. The van der Waals surface area contributed by atoms with Crippen LogP contribution in [0.4, 0.5) is 22.0 Å². The van der Waals surface area contributed by atoms with Gasteiger partial charge in [-0.3, -0.25) is 14.4 Å². The molecule has 41 heavy (non-hydrogen) atoms. The highest BCUT2D eigenvalue weighted by Gasteiger charge is 2.44. The second-order valence-corrected chi connectivity index (χ2v) is 9.53. The summed E-state index contributed by atoms with van der Waals surface area (Å²) in [6.07, 6.45) is -7.21. The van der Waals surface area contributed by atoms with Crippen molar-refractivity contribution in [1.82, 2.24) is 4.98 Å². The first-order valence-corrected chi connectivity index (χ1v) is 12.2. The Morgan fingerprint density at radius 3 is 2.27 bits per heavy atom. The van der Waals surface area contributed by atoms with Crippen LogP contribution in [0.3, 0.4) is 0 Å². The van der Waals surface area contributed by atoms with E-state index in [9.17, 15) is 42.2 Å². The number of aliphatic carboxylic acids is 2. The van der Waals surface area contributed by atoms with Crippen LogP contribution >= 0.6 is 15.9 Å². The maximum atomic E-state index is 15.0. The van der Waals surface area contributed by atoms with Crippen molar-refractivity contribution in [2.75, 3.05) is 0 Å². The van der Waals surface area contributed by atoms with Crippen LogP contribution in [-0.2, 0) is 15.8 Å². The predicted molar refractivity (Wildman–Crippen MR) is 135 cm³/mol. The van der Waals surface area contributed by atoms with Gasteiger partial charge in [-0.2, -0.15) is 13.2 Å². The molecule has 0 spiro atoms. The van der Waals surface area contributed by atoms with Crippen LogP contribution in [0.2, 0.25) is 0 Å². The highest BCUT2D eigenvalue weighted by Crippen LogP contribution is 2.42. The Morgan fingerprint density at radius 1 is 1.12 bits per heavy atom. The largest absolute Gasteiger partial charge is 0.481 e. The lowest BCUT2D eigenvalue weighted by molar-refractivity contribution is -0.157. The highest BCUT2D eigenvalue weighted by atomic mass is 79.9. The zero-order valence-corrected chi connectivity index (χ0v) is 22.3. The Labute approximate surface area is 236 Å². The number of aromatic nitrogens is 1. The second-order valence-electron chi connectivity index (χ2n) is 8.81. The number of hydrogen-bond acceptors (Lipinski definition) is 6. The maximum absolute atomic E-state index is 15.0. The van der Waals surface area contributed by atoms with Crippen molar-refractivity contribution in [3.8, 4) is 17.0 Å². The molecule has 9 nitrogen and oxygen atoms in total. The first-order valence-electron chi connectivity index (χ1n) is 11.4. The fraction of sp³-hybridized carbons (Fsp3) is 0.231. The van der Waals surface area contributed by atoms with Gasteiger partial charge in [0.2, 0.25) is 5.89 Å². The molecule has 15 heteroatoms. The number of ether oxygens (including phenoxy) is 1. The Balaban J connectivity index is 2.16. The molecule has 2 unspecified atom stereocenters. The lowest BCUT2D eigenvalue weighted by atomic mass is 9.76. The van der Waals surface area contributed by atoms with Crippen molar-refractivity contribution in [3.05, 3.63) is 82.4 Å². The first-order chi connectivity index (χ1) is 19.1. The zero-order chi connectivity index (χ0) is 30.7. The molecule has 0 aliphatic carbocycles. The number of hydrogen-bond donors (Lipinski definition) is 3. The van der Waals surface area contributed by atoms with E-state index in [0.717, 1.165) is 36.4 Å². The second kappa shape index (κ2) is 12.1. The minimum Gasteiger partial charge on any atom is -0.481 e. The molecule has 0 bridgehead atoms. The Kier molecular flexibility index (Phi) is 9.21. The molecule has 0 aliphatic heterocycles. The number of nitrogens with two attached hydrogens (primary N) is 1. The monoisotopic (exact) mass is 646 g/mol. The molecule has 0 saturated carbocycles. The number of carboxylic acids is 2. The van der Waals surface area contributed by atoms with Crippen LogP contribution < -0.4 is 10.5 Å². The summed E-state index contributed by atoms with van der Waals surface area (Å²) in [5.41, 5.74) is 0.933. The SMILES string of the molecule is C=CCC(CC(=O)O)(CC(Oc1ccc(F)c(C(N)=O)c1F)c1nc(-c2ccc(C(F)(F)F)cc2)c(Br)o1)C(=O)O. The third-order valence-corrected chi connectivity index (χ3v) is 6.53. The summed E-state index contributed by atoms with van der Waals surface area (Å²) >= 11 is 3.08. The molecule has 2 atom stereocenters. The third-order valence-electron chi connectivity index (χ3n) is 5.99. The van der Waals surface area contributed by atoms with Crippen molar-refractivity contribution in [2.24, 2.45) is 11.1 Å². The lowest BCUT2D eigenvalue weighted by Crippen LogP contribution is -2.36. The van der Waals surface area contributed by atoms with Crippen LogP contribution in [-0.4, -0.2) is 33.0 Å². The standard InChI is InChI=1S/C26H20BrF5N2O7/c1-2-9-25(24(38)39,11-17(35)36)10-16(40-15-8-7-14(28)18(19(15)29)22(33)37)23-34-20(21(27)41-23)12-3-5-13(6-4-12)26(30,31)32/h2-8,16H,1,9-11H2,(H2,33,37)(H,35,36)(H,38,39). The number of primary amides is 1. The van der Waals surface area contributed by atoms with E-state index in [-0.39, 0.29) is 15.9 Å². The minimum absolute atomic E-state index is 0.0531. The summed E-state index contributed by atoms with van der Waals surface area (Å²) in [5.74, 6) is -8.61. The number of allylic oxidation sites excluding steroid dienone is 1. The fourth-order valence-corrected chi connectivity index (χ4v) is 4.51. The number of alkyl halides is 3. The van der Waals surface area contributed by atoms with Gasteiger partial charge in [0.1, 0.15) is 17.1 Å². The molecule has 1 heterocycles.